The van der Waals surface area contributed by atoms with Gasteiger partial charge in [0.25, 0.3) is 0 Å². The van der Waals surface area contributed by atoms with E-state index >= 15 is 0 Å². The molecule has 1 heteroatoms. The Kier molecular flexibility index (Phi) is 2.94. The summed E-state index contributed by atoms with van der Waals surface area (Å²) in [7, 11) is 0. The predicted octanol–water partition coefficient (Wildman–Crippen LogP) is 2.95. The Labute approximate surface area is 70.1 Å². The zero-order valence-electron chi connectivity index (χ0n) is 7.73. The molecule has 0 amide bonds. The summed E-state index contributed by atoms with van der Waals surface area (Å²) in [6.45, 7) is 8.40. The summed E-state index contributed by atoms with van der Waals surface area (Å²) in [5.41, 5.74) is -0.0922. The first-order valence-corrected chi connectivity index (χ1v) is 4.73. The Morgan fingerprint density at radius 3 is 2.18 bits per heavy atom. The number of hydrogen-bond acceptors (Lipinski definition) is 1. The van der Waals surface area contributed by atoms with Gasteiger partial charge in [0.05, 0.1) is 11.7 Å². The quantitative estimate of drug-likeness (QED) is 0.606. The number of ether oxygens (including phenoxy) is 1. The van der Waals surface area contributed by atoms with E-state index in [1.54, 1.807) is 0 Å². The molecule has 65 valence electrons. The van der Waals surface area contributed by atoms with Gasteiger partial charge in [-0.25, -0.2) is 0 Å². The molecule has 0 N–H and O–H groups in total. The van der Waals surface area contributed by atoms with E-state index in [0.29, 0.717) is 6.10 Å². The lowest BCUT2D eigenvalue weighted by Crippen LogP contribution is -2.36. The van der Waals surface area contributed by atoms with Crippen LogP contribution in [0, 0.1) is 6.92 Å². The second-order valence-electron chi connectivity index (χ2n) is 3.56. The van der Waals surface area contributed by atoms with Gasteiger partial charge in [-0.1, -0.05) is 13.8 Å². The largest absolute Gasteiger partial charge is 0.372 e. The van der Waals surface area contributed by atoms with E-state index in [1.165, 1.54) is 19.3 Å². The standard InChI is InChI=1S/C10H19O/c1-4-10(3,5-2)11-9-7-6-8-9/h9H,3-8H2,1-2H3. The molecular weight excluding hydrogens is 136 g/mol. The number of hydrogen-bond donors (Lipinski definition) is 0. The van der Waals surface area contributed by atoms with Gasteiger partial charge in [-0.2, -0.15) is 0 Å². The molecule has 0 bridgehead atoms. The average Bonchev–Trinajstić information content (AvgIpc) is 1.97. The van der Waals surface area contributed by atoms with Gasteiger partial charge in [0.2, 0.25) is 0 Å². The van der Waals surface area contributed by atoms with Gasteiger partial charge in [-0.15, -0.1) is 0 Å². The minimum absolute atomic E-state index is 0.0922. The van der Waals surface area contributed by atoms with E-state index in [2.05, 4.69) is 20.8 Å². The van der Waals surface area contributed by atoms with Gasteiger partial charge < -0.3 is 4.74 Å². The van der Waals surface area contributed by atoms with Crippen molar-refractivity contribution in [3.05, 3.63) is 6.92 Å². The Morgan fingerprint density at radius 2 is 1.91 bits per heavy atom. The van der Waals surface area contributed by atoms with E-state index in [9.17, 15) is 0 Å². The molecule has 1 aliphatic carbocycles. The average molecular weight is 155 g/mol. The smallest absolute Gasteiger partial charge is 0.0682 e. The summed E-state index contributed by atoms with van der Waals surface area (Å²) in [6.07, 6.45) is 6.41. The third kappa shape index (κ3) is 2.19. The maximum absolute atomic E-state index is 5.86. The summed E-state index contributed by atoms with van der Waals surface area (Å²) in [6, 6.07) is 0. The highest BCUT2D eigenvalue weighted by atomic mass is 16.5. The normalized spacial score (nSPS) is 19.9. The second-order valence-corrected chi connectivity index (χ2v) is 3.56. The molecule has 1 aliphatic rings. The fourth-order valence-corrected chi connectivity index (χ4v) is 1.26. The van der Waals surface area contributed by atoms with Crippen LogP contribution in [0.4, 0.5) is 0 Å². The highest BCUT2D eigenvalue weighted by molar-refractivity contribution is 4.84. The third-order valence-electron chi connectivity index (χ3n) is 2.76. The molecule has 11 heavy (non-hydrogen) atoms. The van der Waals surface area contributed by atoms with E-state index in [-0.39, 0.29) is 5.60 Å². The van der Waals surface area contributed by atoms with Crippen molar-refractivity contribution in [1.82, 2.24) is 0 Å². The molecular formula is C10H19O. The van der Waals surface area contributed by atoms with Crippen LogP contribution in [-0.2, 0) is 4.74 Å². The molecule has 1 rings (SSSR count). The summed E-state index contributed by atoms with van der Waals surface area (Å²) in [5, 5.41) is 0. The SMILES string of the molecule is [CH2]C(CC)(CC)OC1CCC1. The number of rotatable bonds is 4. The van der Waals surface area contributed by atoms with Crippen LogP contribution in [0.3, 0.4) is 0 Å². The fourth-order valence-electron chi connectivity index (χ4n) is 1.26. The van der Waals surface area contributed by atoms with E-state index in [4.69, 9.17) is 4.74 Å². The van der Waals surface area contributed by atoms with Gasteiger partial charge in [-0.3, -0.25) is 0 Å². The van der Waals surface area contributed by atoms with Crippen molar-refractivity contribution < 1.29 is 4.74 Å². The molecule has 0 atom stereocenters. The van der Waals surface area contributed by atoms with Gasteiger partial charge in [0, 0.05) is 0 Å². The van der Waals surface area contributed by atoms with Gasteiger partial charge >= 0.3 is 0 Å². The van der Waals surface area contributed by atoms with Crippen molar-refractivity contribution in [2.24, 2.45) is 0 Å². The van der Waals surface area contributed by atoms with Crippen molar-refractivity contribution in [3.63, 3.8) is 0 Å². The van der Waals surface area contributed by atoms with Crippen molar-refractivity contribution in [1.29, 1.82) is 0 Å². The first-order valence-electron chi connectivity index (χ1n) is 4.73. The molecule has 0 saturated heterocycles. The van der Waals surface area contributed by atoms with Crippen LogP contribution in [0.2, 0.25) is 0 Å². The molecule has 0 aliphatic heterocycles. The van der Waals surface area contributed by atoms with Crippen LogP contribution in [0.15, 0.2) is 0 Å². The van der Waals surface area contributed by atoms with Crippen molar-refractivity contribution >= 4 is 0 Å². The summed E-state index contributed by atoms with van der Waals surface area (Å²) < 4.78 is 5.86. The lowest BCUT2D eigenvalue weighted by molar-refractivity contribution is -0.1000. The summed E-state index contributed by atoms with van der Waals surface area (Å²) in [4.78, 5) is 0. The molecule has 1 saturated carbocycles. The summed E-state index contributed by atoms with van der Waals surface area (Å²) >= 11 is 0. The van der Waals surface area contributed by atoms with E-state index in [1.807, 2.05) is 0 Å². The van der Waals surface area contributed by atoms with E-state index in [0.717, 1.165) is 12.8 Å². The maximum atomic E-state index is 5.86. The molecule has 0 aromatic carbocycles. The molecule has 0 aromatic heterocycles. The fraction of sp³-hybridized carbons (Fsp3) is 0.900. The van der Waals surface area contributed by atoms with Crippen molar-refractivity contribution in [2.75, 3.05) is 0 Å². The van der Waals surface area contributed by atoms with E-state index < -0.39 is 0 Å². The van der Waals surface area contributed by atoms with Crippen molar-refractivity contribution in [2.45, 2.75) is 57.7 Å². The zero-order chi connectivity index (χ0) is 8.32. The Bertz CT molecular complexity index is 112. The third-order valence-corrected chi connectivity index (χ3v) is 2.76. The van der Waals surface area contributed by atoms with Crippen LogP contribution in [-0.4, -0.2) is 11.7 Å². The highest BCUT2D eigenvalue weighted by Crippen LogP contribution is 2.30. The topological polar surface area (TPSA) is 9.23 Å². The monoisotopic (exact) mass is 155 g/mol. The molecule has 1 radical (unpaired) electrons. The first-order chi connectivity index (χ1) is 5.20. The molecule has 0 heterocycles. The Morgan fingerprint density at radius 1 is 1.36 bits per heavy atom. The van der Waals surface area contributed by atoms with Crippen LogP contribution in [0.25, 0.3) is 0 Å². The minimum Gasteiger partial charge on any atom is -0.372 e. The van der Waals surface area contributed by atoms with Crippen LogP contribution in [0.1, 0.15) is 46.0 Å². The second kappa shape index (κ2) is 3.57. The van der Waals surface area contributed by atoms with Gasteiger partial charge in [0.15, 0.2) is 0 Å². The summed E-state index contributed by atoms with van der Waals surface area (Å²) in [5.74, 6) is 0. The maximum Gasteiger partial charge on any atom is 0.0682 e. The van der Waals surface area contributed by atoms with Gasteiger partial charge in [0.1, 0.15) is 0 Å². The lowest BCUT2D eigenvalue weighted by Gasteiger charge is -2.36. The predicted molar refractivity (Wildman–Crippen MR) is 47.4 cm³/mol. The molecule has 0 aromatic rings. The molecule has 1 fully saturated rings. The minimum atomic E-state index is -0.0922. The van der Waals surface area contributed by atoms with Crippen LogP contribution in [0.5, 0.6) is 0 Å². The Hall–Kier alpha value is -0.0400. The van der Waals surface area contributed by atoms with Crippen LogP contribution >= 0.6 is 0 Å². The van der Waals surface area contributed by atoms with Gasteiger partial charge in [-0.05, 0) is 39.0 Å². The molecule has 1 nitrogen and oxygen atoms in total. The zero-order valence-corrected chi connectivity index (χ0v) is 7.73. The molecule has 0 spiro atoms. The van der Waals surface area contributed by atoms with Crippen LogP contribution < -0.4 is 0 Å². The highest BCUT2D eigenvalue weighted by Gasteiger charge is 2.28. The Balaban J connectivity index is 2.29. The lowest BCUT2D eigenvalue weighted by atomic mass is 9.93. The van der Waals surface area contributed by atoms with Crippen molar-refractivity contribution in [3.8, 4) is 0 Å². The first kappa shape index (κ1) is 9.05. The molecule has 0 unspecified atom stereocenters.